The number of nitrogens with one attached hydrogen (secondary N) is 1. The third-order valence-electron chi connectivity index (χ3n) is 5.41. The third-order valence-corrected chi connectivity index (χ3v) is 5.41. The van der Waals surface area contributed by atoms with Crippen LogP contribution in [-0.2, 0) is 17.8 Å². The van der Waals surface area contributed by atoms with Gasteiger partial charge in [-0.05, 0) is 61.2 Å². The van der Waals surface area contributed by atoms with Gasteiger partial charge in [-0.2, -0.15) is 15.0 Å². The first-order chi connectivity index (χ1) is 16.4. The SMILES string of the molecule is COc1ccc(F)cc1CCNc1nc(N)nc(COc2cc(C)cc(N3CCCC3=O)c2)n1. The van der Waals surface area contributed by atoms with E-state index in [0.717, 1.165) is 23.2 Å². The summed E-state index contributed by atoms with van der Waals surface area (Å²) in [7, 11) is 1.54. The van der Waals surface area contributed by atoms with Gasteiger partial charge in [-0.25, -0.2) is 4.39 Å². The summed E-state index contributed by atoms with van der Waals surface area (Å²) >= 11 is 0. The van der Waals surface area contributed by atoms with Crippen LogP contribution in [0.15, 0.2) is 36.4 Å². The fourth-order valence-electron chi connectivity index (χ4n) is 3.87. The molecule has 1 aromatic heterocycles. The average molecular weight is 467 g/mol. The molecule has 2 heterocycles. The molecule has 4 rings (SSSR count). The molecule has 1 fully saturated rings. The van der Waals surface area contributed by atoms with Crippen molar-refractivity contribution in [2.24, 2.45) is 0 Å². The number of anilines is 3. The van der Waals surface area contributed by atoms with Crippen molar-refractivity contribution in [3.05, 3.63) is 59.2 Å². The van der Waals surface area contributed by atoms with E-state index in [1.165, 1.54) is 12.1 Å². The first kappa shape index (κ1) is 23.2. The third kappa shape index (κ3) is 5.69. The number of rotatable bonds is 9. The highest BCUT2D eigenvalue weighted by molar-refractivity contribution is 5.95. The van der Waals surface area contributed by atoms with Crippen LogP contribution in [0.1, 0.15) is 29.8 Å². The Balaban J connectivity index is 1.39. The lowest BCUT2D eigenvalue weighted by Gasteiger charge is -2.18. The fourth-order valence-corrected chi connectivity index (χ4v) is 3.87. The highest BCUT2D eigenvalue weighted by atomic mass is 19.1. The molecule has 178 valence electrons. The number of nitrogens with two attached hydrogens (primary N) is 1. The van der Waals surface area contributed by atoms with Crippen LogP contribution in [0.3, 0.4) is 0 Å². The van der Waals surface area contributed by atoms with Crippen LogP contribution >= 0.6 is 0 Å². The number of aryl methyl sites for hydroxylation is 1. The lowest BCUT2D eigenvalue weighted by Crippen LogP contribution is -2.23. The van der Waals surface area contributed by atoms with Gasteiger partial charge in [-0.1, -0.05) is 0 Å². The average Bonchev–Trinajstić information content (AvgIpc) is 3.23. The van der Waals surface area contributed by atoms with Gasteiger partial charge in [0.15, 0.2) is 5.82 Å². The Morgan fingerprint density at radius 3 is 2.79 bits per heavy atom. The van der Waals surface area contributed by atoms with Crippen molar-refractivity contribution in [3.63, 3.8) is 0 Å². The summed E-state index contributed by atoms with van der Waals surface area (Å²) in [5, 5.41) is 3.08. The number of amides is 1. The van der Waals surface area contributed by atoms with Crippen molar-refractivity contribution in [3.8, 4) is 11.5 Å². The van der Waals surface area contributed by atoms with Gasteiger partial charge < -0.3 is 25.4 Å². The van der Waals surface area contributed by atoms with Gasteiger partial charge in [-0.15, -0.1) is 0 Å². The van der Waals surface area contributed by atoms with Gasteiger partial charge in [0.1, 0.15) is 23.9 Å². The molecule has 0 saturated carbocycles. The van der Waals surface area contributed by atoms with Gasteiger partial charge in [-0.3, -0.25) is 4.79 Å². The lowest BCUT2D eigenvalue weighted by atomic mass is 10.1. The van der Waals surface area contributed by atoms with Gasteiger partial charge in [0, 0.05) is 31.3 Å². The minimum Gasteiger partial charge on any atom is -0.496 e. The highest BCUT2D eigenvalue weighted by Gasteiger charge is 2.22. The molecule has 1 saturated heterocycles. The normalized spacial score (nSPS) is 13.3. The molecule has 10 heteroatoms. The number of benzene rings is 2. The standard InChI is InChI=1S/C24H27FN6O3/c1-15-10-18(31-9-3-4-22(31)32)13-19(11-15)34-14-21-28-23(26)30-24(29-21)27-8-7-16-12-17(25)5-6-20(16)33-2/h5-6,10-13H,3-4,7-9,14H2,1-2H3,(H3,26,27,28,29,30). The predicted octanol–water partition coefficient (Wildman–Crippen LogP) is 3.27. The van der Waals surface area contributed by atoms with Crippen molar-refractivity contribution < 1.29 is 18.7 Å². The van der Waals surface area contributed by atoms with Crippen molar-refractivity contribution >= 4 is 23.5 Å². The minimum atomic E-state index is -0.326. The number of hydrogen-bond donors (Lipinski definition) is 2. The summed E-state index contributed by atoms with van der Waals surface area (Å²) in [5.41, 5.74) is 8.39. The number of carbonyl (C=O) groups is 1. The number of nitrogens with zero attached hydrogens (tertiary/aromatic N) is 4. The number of carbonyl (C=O) groups excluding carboxylic acids is 1. The zero-order valence-corrected chi connectivity index (χ0v) is 19.2. The molecule has 0 aliphatic carbocycles. The van der Waals surface area contributed by atoms with Crippen molar-refractivity contribution in [2.75, 3.05) is 36.1 Å². The van der Waals surface area contributed by atoms with E-state index in [1.807, 2.05) is 25.1 Å². The van der Waals surface area contributed by atoms with Crippen LogP contribution in [0.25, 0.3) is 0 Å². The van der Waals surface area contributed by atoms with E-state index in [4.69, 9.17) is 15.2 Å². The summed E-state index contributed by atoms with van der Waals surface area (Å²) in [6.45, 7) is 3.18. The second-order valence-corrected chi connectivity index (χ2v) is 8.01. The van der Waals surface area contributed by atoms with Crippen LogP contribution < -0.4 is 25.4 Å². The molecular weight excluding hydrogens is 439 g/mol. The number of ether oxygens (including phenoxy) is 2. The Labute approximate surface area is 197 Å². The maximum atomic E-state index is 13.6. The maximum Gasteiger partial charge on any atom is 0.227 e. The second-order valence-electron chi connectivity index (χ2n) is 8.01. The van der Waals surface area contributed by atoms with E-state index in [0.29, 0.717) is 49.2 Å². The molecular formula is C24H27FN6O3. The topological polar surface area (TPSA) is 115 Å². The molecule has 0 spiro atoms. The largest absolute Gasteiger partial charge is 0.496 e. The Morgan fingerprint density at radius 2 is 2.03 bits per heavy atom. The number of methoxy groups -OCH3 is 1. The monoisotopic (exact) mass is 466 g/mol. The maximum absolute atomic E-state index is 13.6. The van der Waals surface area contributed by atoms with Crippen LogP contribution in [0.4, 0.5) is 22.0 Å². The molecule has 9 nitrogen and oxygen atoms in total. The quantitative estimate of drug-likeness (QED) is 0.494. The van der Waals surface area contributed by atoms with Gasteiger partial charge in [0.2, 0.25) is 17.8 Å². The molecule has 2 aromatic carbocycles. The predicted molar refractivity (Wildman–Crippen MR) is 126 cm³/mol. The Hall–Kier alpha value is -3.95. The number of halogens is 1. The first-order valence-corrected chi connectivity index (χ1v) is 11.0. The van der Waals surface area contributed by atoms with Crippen LogP contribution in [0.5, 0.6) is 11.5 Å². The number of aromatic nitrogens is 3. The zero-order valence-electron chi connectivity index (χ0n) is 19.2. The smallest absolute Gasteiger partial charge is 0.227 e. The lowest BCUT2D eigenvalue weighted by molar-refractivity contribution is -0.117. The van der Waals surface area contributed by atoms with Crippen LogP contribution in [0, 0.1) is 12.7 Å². The van der Waals surface area contributed by atoms with Gasteiger partial charge in [0.05, 0.1) is 7.11 Å². The van der Waals surface area contributed by atoms with Crippen LogP contribution in [-0.4, -0.2) is 41.1 Å². The summed E-state index contributed by atoms with van der Waals surface area (Å²) < 4.78 is 24.7. The van der Waals surface area contributed by atoms with E-state index in [1.54, 1.807) is 18.1 Å². The summed E-state index contributed by atoms with van der Waals surface area (Å²) in [4.78, 5) is 26.5. The summed E-state index contributed by atoms with van der Waals surface area (Å²) in [6, 6.07) is 10.1. The Kier molecular flexibility index (Phi) is 7.05. The van der Waals surface area contributed by atoms with E-state index < -0.39 is 0 Å². The molecule has 0 radical (unpaired) electrons. The Bertz CT molecular complexity index is 1190. The zero-order chi connectivity index (χ0) is 24.1. The fraction of sp³-hybridized carbons (Fsp3) is 0.333. The summed E-state index contributed by atoms with van der Waals surface area (Å²) in [5.74, 6) is 1.74. The molecule has 34 heavy (non-hydrogen) atoms. The van der Waals surface area contributed by atoms with Gasteiger partial charge in [0.25, 0.3) is 0 Å². The highest BCUT2D eigenvalue weighted by Crippen LogP contribution is 2.28. The molecule has 1 aliphatic heterocycles. The molecule has 1 amide bonds. The van der Waals surface area contributed by atoms with Crippen molar-refractivity contribution in [1.29, 1.82) is 0 Å². The number of nitrogen functional groups attached to an aromatic ring is 1. The molecule has 0 unspecified atom stereocenters. The van der Waals surface area contributed by atoms with E-state index >= 15 is 0 Å². The van der Waals surface area contributed by atoms with Crippen LogP contribution in [0.2, 0.25) is 0 Å². The van der Waals surface area contributed by atoms with Crippen molar-refractivity contribution in [2.45, 2.75) is 32.8 Å². The summed E-state index contributed by atoms with van der Waals surface area (Å²) in [6.07, 6.45) is 1.92. The minimum absolute atomic E-state index is 0.0621. The first-order valence-electron chi connectivity index (χ1n) is 11.0. The van der Waals surface area contributed by atoms with Gasteiger partial charge >= 0.3 is 0 Å². The van der Waals surface area contributed by atoms with E-state index in [-0.39, 0.29) is 24.3 Å². The molecule has 1 aliphatic rings. The molecule has 0 atom stereocenters. The van der Waals surface area contributed by atoms with Crippen molar-refractivity contribution in [1.82, 2.24) is 15.0 Å². The number of hydrogen-bond acceptors (Lipinski definition) is 8. The van der Waals surface area contributed by atoms with E-state index in [9.17, 15) is 9.18 Å². The molecule has 0 bridgehead atoms. The molecule has 3 aromatic rings. The molecule has 3 N–H and O–H groups in total. The Morgan fingerprint density at radius 1 is 1.18 bits per heavy atom. The second kappa shape index (κ2) is 10.3. The van der Waals surface area contributed by atoms with E-state index in [2.05, 4.69) is 20.3 Å².